The van der Waals surface area contributed by atoms with Gasteiger partial charge < -0.3 is 14.8 Å². The van der Waals surface area contributed by atoms with E-state index in [0.717, 1.165) is 0 Å². The Balaban J connectivity index is 0. The van der Waals surface area contributed by atoms with Crippen molar-refractivity contribution < 1.29 is 65.7 Å². The van der Waals surface area contributed by atoms with E-state index in [4.69, 9.17) is 4.74 Å². The van der Waals surface area contributed by atoms with E-state index in [9.17, 15) is 9.59 Å². The zero-order valence-electron chi connectivity index (χ0n) is 10.2. The normalized spacial score (nSPS) is 23.2. The zero-order chi connectivity index (χ0) is 11.1. The van der Waals surface area contributed by atoms with Crippen LogP contribution in [0.3, 0.4) is 0 Å². The largest absolute Gasteiger partial charge is 1.00 e. The van der Waals surface area contributed by atoms with Crippen LogP contribution in [0.15, 0.2) is 0 Å². The van der Waals surface area contributed by atoms with E-state index in [2.05, 4.69) is 5.32 Å². The average molecular weight is 239 g/mol. The van der Waals surface area contributed by atoms with E-state index in [0.29, 0.717) is 13.0 Å². The van der Waals surface area contributed by atoms with Crippen molar-refractivity contribution in [3.63, 3.8) is 0 Å². The van der Waals surface area contributed by atoms with Gasteiger partial charge in [0.05, 0.1) is 6.10 Å². The van der Waals surface area contributed by atoms with Crippen molar-refractivity contribution >= 4 is 11.8 Å². The molecule has 0 aromatic carbocycles. The maximum Gasteiger partial charge on any atom is 1.00 e. The molecular formula is C10H18KNO3. The molecule has 1 aliphatic rings. The molecule has 1 aliphatic heterocycles. The molecule has 0 amide bonds. The fourth-order valence-electron chi connectivity index (χ4n) is 1.34. The zero-order valence-corrected chi connectivity index (χ0v) is 13.4. The minimum Gasteiger partial charge on any atom is -0.650 e. The standard InChI is InChI=1S/C8H12NO3.C2H6.K/c1-5(10)8-7(3-4-9-8)12-6(2)11;1-2;/h7-8H,3-4H2,1-2H3;1-2H3;/q-1;;+1. The molecule has 82 valence electrons. The summed E-state index contributed by atoms with van der Waals surface area (Å²) < 4.78 is 4.93. The van der Waals surface area contributed by atoms with Crippen LogP contribution in [0.4, 0.5) is 0 Å². The Kier molecular flexibility index (Phi) is 12.0. The third kappa shape index (κ3) is 6.81. The molecule has 1 rings (SSSR count). The molecule has 0 spiro atoms. The van der Waals surface area contributed by atoms with Crippen LogP contribution in [-0.4, -0.2) is 30.4 Å². The van der Waals surface area contributed by atoms with Gasteiger partial charge in [-0.1, -0.05) is 13.8 Å². The molecule has 4 nitrogen and oxygen atoms in total. The molecule has 2 atom stereocenters. The first-order valence-electron chi connectivity index (χ1n) is 4.95. The summed E-state index contributed by atoms with van der Waals surface area (Å²) in [5, 5.41) is 4.04. The molecule has 5 heteroatoms. The van der Waals surface area contributed by atoms with Crippen molar-refractivity contribution in [2.75, 3.05) is 6.54 Å². The van der Waals surface area contributed by atoms with E-state index >= 15 is 0 Å². The number of carbonyl (C=O) groups excluding carboxylic acids is 2. The summed E-state index contributed by atoms with van der Waals surface area (Å²) in [4.78, 5) is 21.5. The SMILES string of the molecule is CC.CC(=O)OC1CC[N-]C1C(C)=O.[K+]. The Bertz CT molecular complexity index is 209. The molecule has 0 radical (unpaired) electrons. The number of rotatable bonds is 2. The fourth-order valence-corrected chi connectivity index (χ4v) is 1.34. The van der Waals surface area contributed by atoms with Crippen molar-refractivity contribution in [2.45, 2.75) is 46.3 Å². The van der Waals surface area contributed by atoms with Gasteiger partial charge in [0.15, 0.2) is 0 Å². The second kappa shape index (κ2) is 9.93. The van der Waals surface area contributed by atoms with Gasteiger partial charge in [-0.2, -0.15) is 0 Å². The van der Waals surface area contributed by atoms with E-state index in [1.807, 2.05) is 13.8 Å². The second-order valence-electron chi connectivity index (χ2n) is 2.90. The summed E-state index contributed by atoms with van der Waals surface area (Å²) in [5.74, 6) is -0.373. The first-order valence-corrected chi connectivity index (χ1v) is 4.95. The molecule has 15 heavy (non-hydrogen) atoms. The number of esters is 1. The predicted octanol–water partition coefficient (Wildman–Crippen LogP) is -1.32. The maximum absolute atomic E-state index is 11.0. The van der Waals surface area contributed by atoms with Crippen molar-refractivity contribution in [3.8, 4) is 0 Å². The summed E-state index contributed by atoms with van der Waals surface area (Å²) in [6, 6.07) is -0.422. The van der Waals surface area contributed by atoms with E-state index in [1.165, 1.54) is 13.8 Å². The minimum absolute atomic E-state index is 0. The third-order valence-electron chi connectivity index (χ3n) is 1.83. The second-order valence-corrected chi connectivity index (χ2v) is 2.90. The number of Topliss-reactive ketones (excluding diaryl/α,β-unsaturated/α-hetero) is 1. The maximum atomic E-state index is 11.0. The Morgan fingerprint density at radius 2 is 1.80 bits per heavy atom. The van der Waals surface area contributed by atoms with Gasteiger partial charge in [0.25, 0.3) is 0 Å². The number of hydrogen-bond acceptors (Lipinski definition) is 3. The topological polar surface area (TPSA) is 57.5 Å². The van der Waals surface area contributed by atoms with Gasteiger partial charge in [-0.05, 0) is 19.4 Å². The molecule has 1 fully saturated rings. The summed E-state index contributed by atoms with van der Waals surface area (Å²) in [6.07, 6.45) is 0.351. The van der Waals surface area contributed by atoms with Crippen LogP contribution >= 0.6 is 0 Å². The molecule has 0 aromatic rings. The average Bonchev–Trinajstić information content (AvgIpc) is 2.55. The van der Waals surface area contributed by atoms with Crippen LogP contribution in [0.25, 0.3) is 5.32 Å². The molecule has 0 N–H and O–H groups in total. The van der Waals surface area contributed by atoms with Gasteiger partial charge in [0, 0.05) is 6.92 Å². The minimum atomic E-state index is -0.422. The van der Waals surface area contributed by atoms with Gasteiger partial charge in [0.1, 0.15) is 5.78 Å². The third-order valence-corrected chi connectivity index (χ3v) is 1.83. The summed E-state index contributed by atoms with van der Waals surface area (Å²) in [6.45, 7) is 7.42. The smallest absolute Gasteiger partial charge is 0.650 e. The molecule has 0 aromatic heterocycles. The molecule has 2 unspecified atom stereocenters. The number of ether oxygens (including phenoxy) is 1. The number of carbonyl (C=O) groups is 2. The monoisotopic (exact) mass is 239 g/mol. The molecule has 1 heterocycles. The van der Waals surface area contributed by atoms with E-state index in [-0.39, 0.29) is 69.2 Å². The summed E-state index contributed by atoms with van der Waals surface area (Å²) in [7, 11) is 0. The quantitative estimate of drug-likeness (QED) is 0.444. The van der Waals surface area contributed by atoms with Crippen LogP contribution in [0.1, 0.15) is 34.1 Å². The van der Waals surface area contributed by atoms with Crippen LogP contribution in [0.2, 0.25) is 0 Å². The van der Waals surface area contributed by atoms with Gasteiger partial charge in [0.2, 0.25) is 0 Å². The fraction of sp³-hybridized carbons (Fsp3) is 0.800. The predicted molar refractivity (Wildman–Crippen MR) is 54.2 cm³/mol. The first-order chi connectivity index (χ1) is 6.61. The summed E-state index contributed by atoms with van der Waals surface area (Å²) >= 11 is 0. The Morgan fingerprint density at radius 3 is 2.20 bits per heavy atom. The van der Waals surface area contributed by atoms with Crippen molar-refractivity contribution in [3.05, 3.63) is 5.32 Å². The van der Waals surface area contributed by atoms with Gasteiger partial charge in [-0.15, -0.1) is 6.54 Å². The van der Waals surface area contributed by atoms with Crippen LogP contribution in [0.5, 0.6) is 0 Å². The van der Waals surface area contributed by atoms with Crippen molar-refractivity contribution in [1.82, 2.24) is 0 Å². The van der Waals surface area contributed by atoms with Gasteiger partial charge in [-0.3, -0.25) is 4.79 Å². The Labute approximate surface area is 134 Å². The van der Waals surface area contributed by atoms with E-state index in [1.54, 1.807) is 0 Å². The first kappa shape index (κ1) is 18.1. The summed E-state index contributed by atoms with van der Waals surface area (Å²) in [5.41, 5.74) is 0. The number of ketones is 1. The number of nitrogens with zero attached hydrogens (tertiary/aromatic N) is 1. The molecule has 0 bridgehead atoms. The van der Waals surface area contributed by atoms with Gasteiger partial charge in [-0.25, -0.2) is 0 Å². The van der Waals surface area contributed by atoms with Crippen molar-refractivity contribution in [2.24, 2.45) is 0 Å². The molecule has 0 aliphatic carbocycles. The van der Waals surface area contributed by atoms with Crippen molar-refractivity contribution in [1.29, 1.82) is 0 Å². The van der Waals surface area contributed by atoms with Gasteiger partial charge >= 0.3 is 57.4 Å². The van der Waals surface area contributed by atoms with Crippen LogP contribution in [-0.2, 0) is 14.3 Å². The molecule has 1 saturated heterocycles. The molecule has 0 saturated carbocycles. The van der Waals surface area contributed by atoms with Crippen LogP contribution < -0.4 is 51.4 Å². The Morgan fingerprint density at radius 1 is 1.27 bits per heavy atom. The van der Waals surface area contributed by atoms with Crippen LogP contribution in [0, 0.1) is 0 Å². The number of hydrogen-bond donors (Lipinski definition) is 0. The Hall–Kier alpha value is 0.736. The van der Waals surface area contributed by atoms with E-state index < -0.39 is 6.04 Å². The molecular weight excluding hydrogens is 221 g/mol.